The van der Waals surface area contributed by atoms with Gasteiger partial charge in [-0.2, -0.15) is 26.3 Å². The Morgan fingerprint density at radius 2 is 1.74 bits per heavy atom. The maximum Gasteiger partial charge on any atom is 0.416 e. The van der Waals surface area contributed by atoms with E-state index in [9.17, 15) is 26.3 Å². The van der Waals surface area contributed by atoms with Gasteiger partial charge in [0.1, 0.15) is 0 Å². The van der Waals surface area contributed by atoms with Gasteiger partial charge in [0.15, 0.2) is 0 Å². The first-order valence-electron chi connectivity index (χ1n) is 5.61. The number of rotatable bonds is 4. The Bertz CT molecular complexity index is 409. The second kappa shape index (κ2) is 5.81. The molecule has 19 heavy (non-hydrogen) atoms. The number of hydrogen-bond acceptors (Lipinski definition) is 1. The molecule has 1 aromatic rings. The van der Waals surface area contributed by atoms with Gasteiger partial charge >= 0.3 is 12.4 Å². The van der Waals surface area contributed by atoms with Crippen molar-refractivity contribution in [2.75, 3.05) is 6.54 Å². The van der Waals surface area contributed by atoms with Crippen molar-refractivity contribution in [1.82, 2.24) is 5.32 Å². The first-order valence-corrected chi connectivity index (χ1v) is 5.61. The largest absolute Gasteiger partial charge is 0.416 e. The number of hydrogen-bond donors (Lipinski definition) is 1. The van der Waals surface area contributed by atoms with Crippen LogP contribution in [0.25, 0.3) is 0 Å². The van der Waals surface area contributed by atoms with Gasteiger partial charge in [-0.25, -0.2) is 0 Å². The molecule has 0 saturated heterocycles. The predicted molar refractivity (Wildman–Crippen MR) is 58.5 cm³/mol. The molecule has 7 heteroatoms. The van der Waals surface area contributed by atoms with Crippen molar-refractivity contribution in [3.63, 3.8) is 0 Å². The Morgan fingerprint density at radius 3 is 2.21 bits per heavy atom. The molecule has 1 aromatic carbocycles. The fraction of sp³-hybridized carbons (Fsp3) is 0.500. The van der Waals surface area contributed by atoms with Gasteiger partial charge in [0.05, 0.1) is 12.0 Å². The van der Waals surface area contributed by atoms with E-state index in [0.717, 1.165) is 18.2 Å². The van der Waals surface area contributed by atoms with Gasteiger partial charge in [-0.05, 0) is 24.2 Å². The van der Waals surface area contributed by atoms with Crippen LogP contribution in [0, 0.1) is 0 Å². The highest BCUT2D eigenvalue weighted by atomic mass is 19.4. The van der Waals surface area contributed by atoms with Crippen LogP contribution in [-0.2, 0) is 6.18 Å². The molecule has 108 valence electrons. The molecule has 1 rings (SSSR count). The van der Waals surface area contributed by atoms with Crippen molar-refractivity contribution >= 4 is 0 Å². The summed E-state index contributed by atoms with van der Waals surface area (Å²) < 4.78 is 74.7. The molecule has 0 bridgehead atoms. The molecule has 0 aliphatic carbocycles. The molecule has 1 nitrogen and oxygen atoms in total. The molecule has 1 unspecified atom stereocenters. The fourth-order valence-electron chi connectivity index (χ4n) is 1.72. The van der Waals surface area contributed by atoms with E-state index < -0.39 is 30.4 Å². The Hall–Kier alpha value is -1.24. The van der Waals surface area contributed by atoms with Crippen LogP contribution < -0.4 is 5.32 Å². The van der Waals surface area contributed by atoms with Crippen LogP contribution in [0.3, 0.4) is 0 Å². The topological polar surface area (TPSA) is 12.0 Å². The number of halogens is 6. The molecule has 0 heterocycles. The van der Waals surface area contributed by atoms with Crippen LogP contribution in [0.5, 0.6) is 0 Å². The van der Waals surface area contributed by atoms with E-state index in [1.165, 1.54) is 6.07 Å². The Kier molecular flexibility index (Phi) is 4.84. The van der Waals surface area contributed by atoms with E-state index in [4.69, 9.17) is 0 Å². The van der Waals surface area contributed by atoms with Gasteiger partial charge in [-0.15, -0.1) is 0 Å². The summed E-state index contributed by atoms with van der Waals surface area (Å²) in [5.41, 5.74) is -0.968. The van der Waals surface area contributed by atoms with Gasteiger partial charge in [-0.3, -0.25) is 0 Å². The molecule has 0 aliphatic heterocycles. The van der Waals surface area contributed by atoms with Crippen molar-refractivity contribution in [3.05, 3.63) is 35.4 Å². The Morgan fingerprint density at radius 1 is 1.11 bits per heavy atom. The summed E-state index contributed by atoms with van der Waals surface area (Å²) in [4.78, 5) is 0. The van der Waals surface area contributed by atoms with E-state index in [0.29, 0.717) is 0 Å². The lowest BCUT2D eigenvalue weighted by Crippen LogP contribution is -2.26. The van der Waals surface area contributed by atoms with Gasteiger partial charge in [0.25, 0.3) is 0 Å². The quantitative estimate of drug-likeness (QED) is 0.813. The Balaban J connectivity index is 3.03. The van der Waals surface area contributed by atoms with Crippen LogP contribution in [-0.4, -0.2) is 12.7 Å². The SMILES string of the molecule is CCNC(CC(F)(F)F)c1cccc(C(F)(F)F)c1. The average molecular weight is 285 g/mol. The summed E-state index contributed by atoms with van der Waals surface area (Å²) in [7, 11) is 0. The highest BCUT2D eigenvalue weighted by molar-refractivity contribution is 5.28. The van der Waals surface area contributed by atoms with E-state index in [1.807, 2.05) is 0 Å². The highest BCUT2D eigenvalue weighted by Gasteiger charge is 2.34. The third kappa shape index (κ3) is 5.10. The van der Waals surface area contributed by atoms with Gasteiger partial charge in [0.2, 0.25) is 0 Å². The van der Waals surface area contributed by atoms with Crippen LogP contribution in [0.4, 0.5) is 26.3 Å². The molecule has 1 atom stereocenters. The second-order valence-electron chi connectivity index (χ2n) is 4.05. The van der Waals surface area contributed by atoms with Crippen LogP contribution in [0.2, 0.25) is 0 Å². The standard InChI is InChI=1S/C12H13F6N/c1-2-19-10(7-11(13,14)15)8-4-3-5-9(6-8)12(16,17)18/h3-6,10,19H,2,7H2,1H3. The molecule has 0 fully saturated rings. The molecule has 0 spiro atoms. The minimum atomic E-state index is -4.56. The Labute approximate surface area is 106 Å². The van der Waals surface area contributed by atoms with Crippen molar-refractivity contribution in [1.29, 1.82) is 0 Å². The number of alkyl halides is 6. The third-order valence-corrected chi connectivity index (χ3v) is 2.50. The zero-order valence-electron chi connectivity index (χ0n) is 10.1. The zero-order chi connectivity index (χ0) is 14.7. The molecular formula is C12H13F6N. The molecule has 0 amide bonds. The summed E-state index contributed by atoms with van der Waals surface area (Å²) in [6, 6.07) is 2.78. The monoisotopic (exact) mass is 285 g/mol. The van der Waals surface area contributed by atoms with E-state index in [1.54, 1.807) is 6.92 Å². The molecule has 0 aromatic heterocycles. The molecule has 0 radical (unpaired) electrons. The minimum Gasteiger partial charge on any atom is -0.310 e. The lowest BCUT2D eigenvalue weighted by Gasteiger charge is -2.21. The van der Waals surface area contributed by atoms with E-state index in [2.05, 4.69) is 5.32 Å². The molecule has 0 aliphatic rings. The average Bonchev–Trinajstić information content (AvgIpc) is 2.26. The maximum atomic E-state index is 12.5. The summed E-state index contributed by atoms with van der Waals surface area (Å²) in [5, 5.41) is 2.55. The normalized spacial score (nSPS) is 14.5. The number of benzene rings is 1. The van der Waals surface area contributed by atoms with E-state index >= 15 is 0 Å². The van der Waals surface area contributed by atoms with Crippen LogP contribution >= 0.6 is 0 Å². The fourth-order valence-corrected chi connectivity index (χ4v) is 1.72. The zero-order valence-corrected chi connectivity index (χ0v) is 10.1. The van der Waals surface area contributed by atoms with Crippen LogP contribution in [0.15, 0.2) is 24.3 Å². The van der Waals surface area contributed by atoms with Crippen molar-refractivity contribution in [2.24, 2.45) is 0 Å². The van der Waals surface area contributed by atoms with Crippen LogP contribution in [0.1, 0.15) is 30.5 Å². The van der Waals surface area contributed by atoms with Crippen molar-refractivity contribution in [2.45, 2.75) is 31.7 Å². The summed E-state index contributed by atoms with van der Waals surface area (Å²) in [5.74, 6) is 0. The van der Waals surface area contributed by atoms with Crippen molar-refractivity contribution < 1.29 is 26.3 Å². The van der Waals surface area contributed by atoms with E-state index in [-0.39, 0.29) is 12.1 Å². The summed E-state index contributed by atoms with van der Waals surface area (Å²) in [6.07, 6.45) is -10.2. The first-order chi connectivity index (χ1) is 8.63. The smallest absolute Gasteiger partial charge is 0.310 e. The lowest BCUT2D eigenvalue weighted by molar-refractivity contribution is -0.140. The third-order valence-electron chi connectivity index (χ3n) is 2.50. The second-order valence-corrected chi connectivity index (χ2v) is 4.05. The summed E-state index contributed by atoms with van der Waals surface area (Å²) >= 11 is 0. The predicted octanol–water partition coefficient (Wildman–Crippen LogP) is 4.31. The molecule has 0 saturated carbocycles. The minimum absolute atomic E-state index is 0.0194. The summed E-state index contributed by atoms with van der Waals surface area (Å²) in [6.45, 7) is 1.83. The van der Waals surface area contributed by atoms with Gasteiger partial charge in [-0.1, -0.05) is 19.1 Å². The first kappa shape index (κ1) is 15.8. The van der Waals surface area contributed by atoms with Gasteiger partial charge < -0.3 is 5.32 Å². The molecule has 1 N–H and O–H groups in total. The van der Waals surface area contributed by atoms with Crippen molar-refractivity contribution in [3.8, 4) is 0 Å². The highest BCUT2D eigenvalue weighted by Crippen LogP contribution is 2.33. The lowest BCUT2D eigenvalue weighted by atomic mass is 10.0. The molecular weight excluding hydrogens is 272 g/mol. The maximum absolute atomic E-state index is 12.5. The van der Waals surface area contributed by atoms with Gasteiger partial charge in [0, 0.05) is 6.04 Å². The number of nitrogens with one attached hydrogen (secondary N) is 1.